The summed E-state index contributed by atoms with van der Waals surface area (Å²) in [7, 11) is 2.01. The van der Waals surface area contributed by atoms with Gasteiger partial charge in [0.2, 0.25) is 5.95 Å². The highest BCUT2D eigenvalue weighted by Gasteiger charge is 2.23. The summed E-state index contributed by atoms with van der Waals surface area (Å²) in [5.74, 6) is 4.42. The Labute approximate surface area is 157 Å². The van der Waals surface area contributed by atoms with Crippen molar-refractivity contribution in [1.82, 2.24) is 24.3 Å². The van der Waals surface area contributed by atoms with Crippen molar-refractivity contribution < 1.29 is 4.42 Å². The topological polar surface area (TPSA) is 64.9 Å². The lowest BCUT2D eigenvalue weighted by atomic mass is 10.00. The Hall–Kier alpha value is -2.22. The van der Waals surface area contributed by atoms with E-state index in [1.807, 2.05) is 36.1 Å². The number of hydrogen-bond acceptors (Lipinski definition) is 6. The molecule has 1 fully saturated rings. The van der Waals surface area contributed by atoms with E-state index < -0.39 is 0 Å². The summed E-state index contributed by atoms with van der Waals surface area (Å²) < 4.78 is 9.77. The summed E-state index contributed by atoms with van der Waals surface area (Å²) in [5, 5.41) is 9.89. The van der Waals surface area contributed by atoms with Crippen molar-refractivity contribution in [3.05, 3.63) is 42.4 Å². The first kappa shape index (κ1) is 17.2. The van der Waals surface area contributed by atoms with Crippen molar-refractivity contribution in [3.8, 4) is 0 Å². The van der Waals surface area contributed by atoms with Crippen molar-refractivity contribution in [3.63, 3.8) is 0 Å². The Kier molecular flexibility index (Phi) is 5.01. The number of hydrogen-bond donors (Lipinski definition) is 0. The second-order valence-electron chi connectivity index (χ2n) is 6.86. The number of imidazole rings is 1. The molecule has 0 radical (unpaired) electrons. The molecule has 0 spiro atoms. The van der Waals surface area contributed by atoms with E-state index in [9.17, 15) is 0 Å². The van der Waals surface area contributed by atoms with Crippen LogP contribution in [-0.2, 0) is 19.3 Å². The monoisotopic (exact) mass is 372 g/mol. The lowest BCUT2D eigenvalue weighted by molar-refractivity contribution is 0.427. The maximum atomic E-state index is 5.57. The Morgan fingerprint density at radius 1 is 1.27 bits per heavy atom. The van der Waals surface area contributed by atoms with E-state index in [2.05, 4.69) is 31.6 Å². The van der Waals surface area contributed by atoms with Crippen LogP contribution >= 0.6 is 11.8 Å². The lowest BCUT2D eigenvalue weighted by Gasteiger charge is -2.31. The molecule has 0 N–H and O–H groups in total. The molecule has 0 atom stereocenters. The summed E-state index contributed by atoms with van der Waals surface area (Å²) in [6.45, 7) is 5.02. The minimum atomic E-state index is 0.643. The third-order valence-corrected chi connectivity index (χ3v) is 5.87. The second-order valence-corrected chi connectivity index (χ2v) is 7.80. The number of nitrogens with zero attached hydrogens (tertiary/aromatic N) is 6. The summed E-state index contributed by atoms with van der Waals surface area (Å²) in [5.41, 5.74) is 0. The van der Waals surface area contributed by atoms with Crippen molar-refractivity contribution in [1.29, 1.82) is 0 Å². The van der Waals surface area contributed by atoms with Crippen LogP contribution in [0.3, 0.4) is 0 Å². The van der Waals surface area contributed by atoms with Crippen LogP contribution in [0.2, 0.25) is 0 Å². The second kappa shape index (κ2) is 7.57. The van der Waals surface area contributed by atoms with Crippen molar-refractivity contribution in [2.75, 3.05) is 18.0 Å². The van der Waals surface area contributed by atoms with Crippen LogP contribution in [0.1, 0.15) is 31.4 Å². The number of thioether (sulfide) groups is 1. The van der Waals surface area contributed by atoms with Gasteiger partial charge in [-0.1, -0.05) is 18.7 Å². The molecular weight excluding hydrogens is 348 g/mol. The number of rotatable bonds is 6. The normalized spacial score (nSPS) is 15.7. The largest absolute Gasteiger partial charge is 0.467 e. The molecule has 1 aliphatic rings. The molecule has 3 aromatic heterocycles. The first-order valence-electron chi connectivity index (χ1n) is 9.00. The zero-order chi connectivity index (χ0) is 17.9. The highest BCUT2D eigenvalue weighted by atomic mass is 32.2. The predicted molar refractivity (Wildman–Crippen MR) is 101 cm³/mol. The number of furan rings is 1. The van der Waals surface area contributed by atoms with Gasteiger partial charge in [-0.05, 0) is 30.9 Å². The van der Waals surface area contributed by atoms with Crippen LogP contribution < -0.4 is 4.90 Å². The quantitative estimate of drug-likeness (QED) is 0.619. The number of piperidine rings is 1. The molecule has 0 aromatic carbocycles. The Morgan fingerprint density at radius 2 is 2.12 bits per heavy atom. The molecule has 4 heterocycles. The molecule has 1 aliphatic heterocycles. The molecule has 8 heteroatoms. The van der Waals surface area contributed by atoms with Gasteiger partial charge in [-0.3, -0.25) is 4.57 Å². The van der Waals surface area contributed by atoms with Gasteiger partial charge in [0.05, 0.1) is 18.6 Å². The van der Waals surface area contributed by atoms with Crippen LogP contribution in [0.4, 0.5) is 5.95 Å². The van der Waals surface area contributed by atoms with E-state index in [4.69, 9.17) is 4.42 Å². The SMILES string of the molecule is CC1CCN(c2nnc(SCc3nccn3C)n2Cc2ccco2)CC1. The van der Waals surface area contributed by atoms with Crippen molar-refractivity contribution >= 4 is 17.7 Å². The number of aryl methyl sites for hydroxylation is 1. The zero-order valence-electron chi connectivity index (χ0n) is 15.2. The average Bonchev–Trinajstić information content (AvgIpc) is 3.37. The molecular formula is C18H24N6OS. The molecule has 0 amide bonds. The average molecular weight is 372 g/mol. The van der Waals surface area contributed by atoms with Gasteiger partial charge in [0.1, 0.15) is 11.6 Å². The lowest BCUT2D eigenvalue weighted by Crippen LogP contribution is -2.35. The van der Waals surface area contributed by atoms with E-state index in [1.54, 1.807) is 18.0 Å². The number of anilines is 1. The predicted octanol–water partition coefficient (Wildman–Crippen LogP) is 3.18. The molecule has 0 unspecified atom stereocenters. The number of aromatic nitrogens is 5. The van der Waals surface area contributed by atoms with E-state index in [0.717, 1.165) is 47.4 Å². The molecule has 1 saturated heterocycles. The summed E-state index contributed by atoms with van der Waals surface area (Å²) >= 11 is 1.66. The highest BCUT2D eigenvalue weighted by molar-refractivity contribution is 7.98. The van der Waals surface area contributed by atoms with Crippen molar-refractivity contribution in [2.45, 2.75) is 37.2 Å². The Bertz CT molecular complexity index is 832. The van der Waals surface area contributed by atoms with Gasteiger partial charge in [0.25, 0.3) is 0 Å². The summed E-state index contributed by atoms with van der Waals surface area (Å²) in [4.78, 5) is 6.74. The molecule has 0 bridgehead atoms. The summed E-state index contributed by atoms with van der Waals surface area (Å²) in [6.07, 6.45) is 7.89. The third kappa shape index (κ3) is 3.65. The van der Waals surface area contributed by atoms with Crippen LogP contribution in [-0.4, -0.2) is 37.4 Å². The minimum Gasteiger partial charge on any atom is -0.467 e. The molecule has 7 nitrogen and oxygen atoms in total. The van der Waals surface area contributed by atoms with Gasteiger partial charge in [0.15, 0.2) is 5.16 Å². The Morgan fingerprint density at radius 3 is 2.81 bits per heavy atom. The van der Waals surface area contributed by atoms with E-state index in [1.165, 1.54) is 12.8 Å². The van der Waals surface area contributed by atoms with Crippen LogP contribution in [0.5, 0.6) is 0 Å². The van der Waals surface area contributed by atoms with Crippen LogP contribution in [0, 0.1) is 5.92 Å². The maximum absolute atomic E-state index is 5.57. The van der Waals surface area contributed by atoms with Gasteiger partial charge in [-0.2, -0.15) is 0 Å². The fraction of sp³-hybridized carbons (Fsp3) is 0.500. The third-order valence-electron chi connectivity index (χ3n) is 4.91. The molecule has 0 aliphatic carbocycles. The smallest absolute Gasteiger partial charge is 0.228 e. The summed E-state index contributed by atoms with van der Waals surface area (Å²) in [6, 6.07) is 3.91. The Balaban J connectivity index is 1.57. The van der Waals surface area contributed by atoms with Crippen LogP contribution in [0.25, 0.3) is 0 Å². The zero-order valence-corrected chi connectivity index (χ0v) is 16.0. The molecule has 26 heavy (non-hydrogen) atoms. The van der Waals surface area contributed by atoms with Gasteiger partial charge in [0, 0.05) is 32.5 Å². The molecule has 138 valence electrons. The first-order chi connectivity index (χ1) is 12.7. The highest BCUT2D eigenvalue weighted by Crippen LogP contribution is 2.28. The molecule has 3 aromatic rings. The van der Waals surface area contributed by atoms with Gasteiger partial charge < -0.3 is 13.9 Å². The van der Waals surface area contributed by atoms with E-state index in [-0.39, 0.29) is 0 Å². The first-order valence-corrected chi connectivity index (χ1v) is 9.99. The van der Waals surface area contributed by atoms with E-state index in [0.29, 0.717) is 6.54 Å². The molecule has 0 saturated carbocycles. The van der Waals surface area contributed by atoms with Crippen molar-refractivity contribution in [2.24, 2.45) is 13.0 Å². The van der Waals surface area contributed by atoms with Gasteiger partial charge in [-0.15, -0.1) is 10.2 Å². The molecule has 4 rings (SSSR count). The van der Waals surface area contributed by atoms with Gasteiger partial charge >= 0.3 is 0 Å². The minimum absolute atomic E-state index is 0.643. The standard InChI is InChI=1S/C18H24N6OS/c1-14-5-8-23(9-6-14)17-20-21-18(24(17)12-15-4-3-11-25-15)26-13-16-19-7-10-22(16)2/h3-4,7,10-11,14H,5-6,8-9,12-13H2,1-2H3. The maximum Gasteiger partial charge on any atom is 0.228 e. The van der Waals surface area contributed by atoms with E-state index >= 15 is 0 Å². The van der Waals surface area contributed by atoms with Crippen LogP contribution in [0.15, 0.2) is 40.4 Å². The fourth-order valence-electron chi connectivity index (χ4n) is 3.19. The van der Waals surface area contributed by atoms with Gasteiger partial charge in [-0.25, -0.2) is 4.98 Å². The fourth-order valence-corrected chi connectivity index (χ4v) is 4.13.